The first kappa shape index (κ1) is 24.6. The van der Waals surface area contributed by atoms with Gasteiger partial charge in [-0.1, -0.05) is 34.8 Å². The Bertz CT molecular complexity index is 1140. The maximum atomic E-state index is 12.7. The molecule has 12 heteroatoms. The van der Waals surface area contributed by atoms with E-state index in [4.69, 9.17) is 34.8 Å². The molecule has 1 aromatic carbocycles. The number of hydrogen-bond acceptors (Lipinski definition) is 4. The zero-order valence-electron chi connectivity index (χ0n) is 17.7. The molecule has 0 fully saturated rings. The van der Waals surface area contributed by atoms with Gasteiger partial charge in [-0.25, -0.2) is 14.8 Å². The lowest BCUT2D eigenvalue weighted by Gasteiger charge is -2.08. The summed E-state index contributed by atoms with van der Waals surface area (Å²) in [6, 6.07) is 4.61. The molecule has 0 saturated carbocycles. The summed E-state index contributed by atoms with van der Waals surface area (Å²) in [5.74, 6) is -0.0788. The number of nitrogens with zero attached hydrogens (tertiary/aromatic N) is 4. The molecule has 0 saturated heterocycles. The predicted octanol–water partition coefficient (Wildman–Crippen LogP) is 4.82. The van der Waals surface area contributed by atoms with E-state index in [1.54, 1.807) is 35.3 Å². The van der Waals surface area contributed by atoms with Crippen LogP contribution in [-0.2, 0) is 13.1 Å². The van der Waals surface area contributed by atoms with Gasteiger partial charge >= 0.3 is 6.03 Å². The lowest BCUT2D eigenvalue weighted by molar-refractivity contribution is 0.0938. The number of aromatic nitrogens is 4. The molecule has 0 spiro atoms. The highest BCUT2D eigenvalue weighted by Gasteiger charge is 2.17. The van der Waals surface area contributed by atoms with E-state index in [1.807, 2.05) is 17.7 Å². The average Bonchev–Trinajstić information content (AvgIpc) is 3.41. The van der Waals surface area contributed by atoms with Crippen molar-refractivity contribution in [3.05, 3.63) is 70.1 Å². The quantitative estimate of drug-likeness (QED) is 0.359. The van der Waals surface area contributed by atoms with Crippen LogP contribution >= 0.6 is 34.8 Å². The van der Waals surface area contributed by atoms with Crippen LogP contribution < -0.4 is 16.0 Å². The molecule has 174 valence electrons. The summed E-state index contributed by atoms with van der Waals surface area (Å²) in [6.07, 6.45) is 9.02. The minimum absolute atomic E-state index is 0.0563. The van der Waals surface area contributed by atoms with Gasteiger partial charge in [0.15, 0.2) is 5.82 Å². The van der Waals surface area contributed by atoms with Crippen LogP contribution in [0.15, 0.2) is 53.7 Å². The predicted molar refractivity (Wildman–Crippen MR) is 130 cm³/mol. The Balaban J connectivity index is 1.65. The minimum atomic E-state index is -0.511. The van der Waals surface area contributed by atoms with Gasteiger partial charge in [0, 0.05) is 48.9 Å². The molecule has 3 amide bonds. The number of carbonyl (C=O) groups excluding carboxylic acids is 2. The van der Waals surface area contributed by atoms with E-state index in [0.717, 1.165) is 12.1 Å². The smallest absolute Gasteiger partial charge is 0.324 e. The zero-order chi connectivity index (χ0) is 23.8. The SMILES string of the molecule is Cc1cc(Cl)ccc1NC(=O)Nc1cn(CC=C(Cl)Cl)c(C(=O)NCCCn2ccnc2)n1. The topological polar surface area (TPSA) is 106 Å². The van der Waals surface area contributed by atoms with Crippen molar-refractivity contribution in [1.29, 1.82) is 0 Å². The highest BCUT2D eigenvalue weighted by Crippen LogP contribution is 2.20. The molecule has 33 heavy (non-hydrogen) atoms. The van der Waals surface area contributed by atoms with Crippen molar-refractivity contribution in [1.82, 2.24) is 24.4 Å². The van der Waals surface area contributed by atoms with Crippen molar-refractivity contribution in [3.8, 4) is 0 Å². The number of amides is 3. The largest absolute Gasteiger partial charge is 0.349 e. The Kier molecular flexibility index (Phi) is 8.76. The normalized spacial score (nSPS) is 10.5. The van der Waals surface area contributed by atoms with Crippen molar-refractivity contribution in [3.63, 3.8) is 0 Å². The standard InChI is InChI=1S/C21H22Cl3N7O2/c1-14-11-15(22)3-4-16(14)27-21(33)29-18-12-31(9-5-17(23)24)19(28-18)20(32)26-6-2-8-30-10-7-25-13-30/h3-5,7,10-13H,2,6,8-9H2,1H3,(H,26,32)(H2,27,29,33). The molecular formula is C21H22Cl3N7O2. The van der Waals surface area contributed by atoms with Crippen molar-refractivity contribution >= 4 is 58.2 Å². The first-order chi connectivity index (χ1) is 15.8. The molecule has 0 unspecified atom stereocenters. The van der Waals surface area contributed by atoms with E-state index in [2.05, 4.69) is 25.9 Å². The fourth-order valence-corrected chi connectivity index (χ4v) is 3.33. The van der Waals surface area contributed by atoms with Gasteiger partial charge in [0.1, 0.15) is 4.49 Å². The Morgan fingerprint density at radius 2 is 2.03 bits per heavy atom. The summed E-state index contributed by atoms with van der Waals surface area (Å²) in [5, 5.41) is 8.76. The third-order valence-electron chi connectivity index (χ3n) is 4.54. The maximum absolute atomic E-state index is 12.7. The Labute approximate surface area is 205 Å². The second-order valence-corrected chi connectivity index (χ2v) is 8.49. The van der Waals surface area contributed by atoms with Gasteiger partial charge in [0.2, 0.25) is 5.82 Å². The Morgan fingerprint density at radius 1 is 1.21 bits per heavy atom. The number of urea groups is 1. The van der Waals surface area contributed by atoms with E-state index < -0.39 is 6.03 Å². The first-order valence-corrected chi connectivity index (χ1v) is 11.1. The summed E-state index contributed by atoms with van der Waals surface area (Å²) in [6.45, 7) is 3.19. The number of allylic oxidation sites excluding steroid dienone is 1. The fraction of sp³-hybridized carbons (Fsp3) is 0.238. The van der Waals surface area contributed by atoms with Crippen molar-refractivity contribution in [2.75, 3.05) is 17.2 Å². The van der Waals surface area contributed by atoms with E-state index in [1.165, 1.54) is 12.3 Å². The van der Waals surface area contributed by atoms with Crippen LogP contribution in [0.3, 0.4) is 0 Å². The summed E-state index contributed by atoms with van der Waals surface area (Å²) in [7, 11) is 0. The average molecular weight is 511 g/mol. The van der Waals surface area contributed by atoms with E-state index in [0.29, 0.717) is 23.7 Å². The Morgan fingerprint density at radius 3 is 2.73 bits per heavy atom. The number of imidazole rings is 2. The molecule has 2 aromatic heterocycles. The van der Waals surface area contributed by atoms with Gasteiger partial charge in [-0.15, -0.1) is 0 Å². The maximum Gasteiger partial charge on any atom is 0.324 e. The molecule has 0 aliphatic carbocycles. The molecule has 0 radical (unpaired) electrons. The van der Waals surface area contributed by atoms with Gasteiger partial charge in [-0.2, -0.15) is 0 Å². The number of benzene rings is 1. The van der Waals surface area contributed by atoms with E-state index in [9.17, 15) is 9.59 Å². The summed E-state index contributed by atoms with van der Waals surface area (Å²) in [4.78, 5) is 33.4. The van der Waals surface area contributed by atoms with Crippen molar-refractivity contribution in [2.24, 2.45) is 0 Å². The van der Waals surface area contributed by atoms with Gasteiger partial charge in [0.05, 0.1) is 6.33 Å². The molecule has 3 aromatic rings. The van der Waals surface area contributed by atoms with Crippen LogP contribution in [0, 0.1) is 6.92 Å². The minimum Gasteiger partial charge on any atom is -0.349 e. The van der Waals surface area contributed by atoms with Crippen molar-refractivity contribution in [2.45, 2.75) is 26.4 Å². The number of aryl methyl sites for hydroxylation is 2. The van der Waals surface area contributed by atoms with Crippen LogP contribution in [-0.4, -0.2) is 37.6 Å². The van der Waals surface area contributed by atoms with E-state index >= 15 is 0 Å². The van der Waals surface area contributed by atoms with Crippen LogP contribution in [0.5, 0.6) is 0 Å². The molecule has 0 aliphatic heterocycles. The zero-order valence-corrected chi connectivity index (χ0v) is 20.0. The van der Waals surface area contributed by atoms with Gasteiger partial charge < -0.3 is 19.8 Å². The molecule has 3 N–H and O–H groups in total. The first-order valence-electron chi connectivity index (χ1n) is 9.98. The van der Waals surface area contributed by atoms with Crippen LogP contribution in [0.2, 0.25) is 5.02 Å². The second kappa shape index (κ2) is 11.7. The van der Waals surface area contributed by atoms with E-state index in [-0.39, 0.29) is 28.6 Å². The molecule has 0 atom stereocenters. The third-order valence-corrected chi connectivity index (χ3v) is 5.08. The number of carbonyl (C=O) groups is 2. The summed E-state index contributed by atoms with van der Waals surface area (Å²) < 4.78 is 3.52. The number of halogens is 3. The van der Waals surface area contributed by atoms with Crippen LogP contribution in [0.4, 0.5) is 16.3 Å². The number of hydrogen-bond donors (Lipinski definition) is 3. The molecule has 0 aliphatic rings. The highest BCUT2D eigenvalue weighted by atomic mass is 35.5. The lowest BCUT2D eigenvalue weighted by atomic mass is 10.2. The molecular weight excluding hydrogens is 489 g/mol. The summed E-state index contributed by atoms with van der Waals surface area (Å²) >= 11 is 17.4. The number of rotatable bonds is 9. The lowest BCUT2D eigenvalue weighted by Crippen LogP contribution is -2.28. The molecule has 0 bridgehead atoms. The monoisotopic (exact) mass is 509 g/mol. The second-order valence-electron chi connectivity index (χ2n) is 7.04. The van der Waals surface area contributed by atoms with Gasteiger partial charge in [-0.3, -0.25) is 10.1 Å². The van der Waals surface area contributed by atoms with Gasteiger partial charge in [0.25, 0.3) is 5.91 Å². The molecule has 3 rings (SSSR count). The number of anilines is 2. The number of nitrogens with one attached hydrogen (secondary N) is 3. The van der Waals surface area contributed by atoms with Crippen molar-refractivity contribution < 1.29 is 9.59 Å². The molecule has 9 nitrogen and oxygen atoms in total. The van der Waals surface area contributed by atoms with Crippen LogP contribution in [0.1, 0.15) is 22.6 Å². The molecule has 2 heterocycles. The Hall–Kier alpha value is -3.01. The fourth-order valence-electron chi connectivity index (χ4n) is 2.96. The third kappa shape index (κ3) is 7.52. The van der Waals surface area contributed by atoms with Gasteiger partial charge in [-0.05, 0) is 43.2 Å². The highest BCUT2D eigenvalue weighted by molar-refractivity contribution is 6.55. The summed E-state index contributed by atoms with van der Waals surface area (Å²) in [5.41, 5.74) is 1.41. The van der Waals surface area contributed by atoms with Crippen LogP contribution in [0.25, 0.3) is 0 Å².